The van der Waals surface area contributed by atoms with Crippen molar-refractivity contribution in [1.82, 2.24) is 19.5 Å². The molecule has 0 fully saturated rings. The second kappa shape index (κ2) is 9.57. The second-order valence-electron chi connectivity index (χ2n) is 13.2. The summed E-state index contributed by atoms with van der Waals surface area (Å²) in [4.78, 5) is 15.4. The minimum atomic E-state index is -0.113. The van der Waals surface area contributed by atoms with Crippen LogP contribution in [-0.4, -0.2) is 19.5 Å². The van der Waals surface area contributed by atoms with Crippen LogP contribution in [0.25, 0.3) is 78.5 Å². The van der Waals surface area contributed by atoms with Crippen LogP contribution in [0.1, 0.15) is 36.1 Å². The number of para-hydroxylation sites is 1. The fourth-order valence-corrected chi connectivity index (χ4v) is 8.20. The Kier molecular flexibility index (Phi) is 5.37. The highest BCUT2D eigenvalue weighted by molar-refractivity contribution is 6.18. The summed E-state index contributed by atoms with van der Waals surface area (Å²) in [5.41, 5.74) is 12.2. The smallest absolute Gasteiger partial charge is 0.238 e. The Hall–Kier alpha value is -5.87. The zero-order valence-electron chi connectivity index (χ0n) is 26.2. The first-order valence-corrected chi connectivity index (χ1v) is 16.3. The molecule has 4 nitrogen and oxygen atoms in total. The van der Waals surface area contributed by atoms with Crippen molar-refractivity contribution >= 4 is 38.7 Å². The molecule has 0 N–H and O–H groups in total. The molecule has 2 heterocycles. The van der Waals surface area contributed by atoms with Gasteiger partial charge in [0.25, 0.3) is 0 Å². The van der Waals surface area contributed by atoms with Gasteiger partial charge in [0.2, 0.25) is 5.95 Å². The van der Waals surface area contributed by atoms with E-state index in [1.807, 2.05) is 36.4 Å². The van der Waals surface area contributed by atoms with Crippen molar-refractivity contribution in [2.24, 2.45) is 0 Å². The maximum Gasteiger partial charge on any atom is 0.238 e. The van der Waals surface area contributed by atoms with E-state index in [0.29, 0.717) is 17.6 Å². The standard InChI is InChI=1S/C43H30N4/c1-43(2)35-22-11-9-19-29(35)32-24-28-18-13-21-31-37(28)34(38(32)43)25-33-30-20-10-12-23-36(30)47(39(31)33)42-45-40(26-14-5-3-6-15-26)44-41(46-42)27-16-7-4-8-17-27/h3-20,22-25H,21H2,1-2H3. The van der Waals surface area contributed by atoms with Crippen molar-refractivity contribution in [3.8, 4) is 39.9 Å². The van der Waals surface area contributed by atoms with Gasteiger partial charge in [0, 0.05) is 27.3 Å². The molecule has 0 atom stereocenters. The highest BCUT2D eigenvalue weighted by Crippen LogP contribution is 2.54. The van der Waals surface area contributed by atoms with Crippen molar-refractivity contribution in [1.29, 1.82) is 0 Å². The SMILES string of the molecule is CC1(C)c2ccccc2-c2cc3c4c(c5c(cc4c21)c1ccccc1n5-c1nc(-c2ccccc2)nc(-c2ccccc2)n1)CC=C3. The van der Waals surface area contributed by atoms with Crippen LogP contribution in [0.2, 0.25) is 0 Å². The minimum Gasteiger partial charge on any atom is -0.277 e. The first-order chi connectivity index (χ1) is 23.1. The summed E-state index contributed by atoms with van der Waals surface area (Å²) in [5.74, 6) is 1.95. The van der Waals surface area contributed by atoms with E-state index in [2.05, 4.69) is 115 Å². The van der Waals surface area contributed by atoms with Crippen molar-refractivity contribution in [3.05, 3.63) is 150 Å². The summed E-state index contributed by atoms with van der Waals surface area (Å²) >= 11 is 0. The van der Waals surface area contributed by atoms with Crippen molar-refractivity contribution in [3.63, 3.8) is 0 Å². The number of rotatable bonds is 3. The maximum atomic E-state index is 5.20. The van der Waals surface area contributed by atoms with Crippen LogP contribution >= 0.6 is 0 Å². The van der Waals surface area contributed by atoms with Gasteiger partial charge in [-0.1, -0.05) is 129 Å². The molecular weight excluding hydrogens is 573 g/mol. The summed E-state index contributed by atoms with van der Waals surface area (Å²) in [6.45, 7) is 4.76. The summed E-state index contributed by atoms with van der Waals surface area (Å²) in [6, 6.07) is 42.9. The van der Waals surface area contributed by atoms with E-state index in [1.165, 1.54) is 60.4 Å². The fourth-order valence-electron chi connectivity index (χ4n) is 8.20. The van der Waals surface area contributed by atoms with E-state index in [9.17, 15) is 0 Å². The Morgan fingerprint density at radius 2 is 1.28 bits per heavy atom. The van der Waals surface area contributed by atoms with Crippen molar-refractivity contribution < 1.29 is 0 Å². The molecule has 2 aliphatic rings. The topological polar surface area (TPSA) is 43.6 Å². The zero-order valence-corrected chi connectivity index (χ0v) is 26.2. The van der Waals surface area contributed by atoms with Gasteiger partial charge in [-0.05, 0) is 68.8 Å². The van der Waals surface area contributed by atoms with E-state index >= 15 is 0 Å². The van der Waals surface area contributed by atoms with Gasteiger partial charge in [0.05, 0.1) is 11.0 Å². The average Bonchev–Trinajstić information content (AvgIpc) is 3.58. The molecule has 222 valence electrons. The summed E-state index contributed by atoms with van der Waals surface area (Å²) in [6.07, 6.45) is 5.47. The molecule has 2 aromatic heterocycles. The molecule has 0 saturated heterocycles. The molecule has 6 aromatic carbocycles. The second-order valence-corrected chi connectivity index (χ2v) is 13.2. The van der Waals surface area contributed by atoms with Gasteiger partial charge >= 0.3 is 0 Å². The lowest BCUT2D eigenvalue weighted by atomic mass is 9.78. The van der Waals surface area contributed by atoms with Crippen LogP contribution < -0.4 is 0 Å². The molecule has 0 spiro atoms. The van der Waals surface area contributed by atoms with Crippen LogP contribution in [-0.2, 0) is 11.8 Å². The van der Waals surface area contributed by atoms with Gasteiger partial charge in [0.15, 0.2) is 11.6 Å². The largest absolute Gasteiger partial charge is 0.277 e. The Morgan fingerprint density at radius 3 is 2.02 bits per heavy atom. The molecule has 0 amide bonds. The molecule has 47 heavy (non-hydrogen) atoms. The number of benzene rings is 6. The quantitative estimate of drug-likeness (QED) is 0.202. The van der Waals surface area contributed by atoms with Gasteiger partial charge in [-0.15, -0.1) is 0 Å². The van der Waals surface area contributed by atoms with Crippen LogP contribution in [0, 0.1) is 0 Å². The van der Waals surface area contributed by atoms with Gasteiger partial charge in [-0.25, -0.2) is 4.98 Å². The molecule has 10 rings (SSSR count). The molecule has 0 saturated carbocycles. The van der Waals surface area contributed by atoms with Crippen LogP contribution in [0.5, 0.6) is 0 Å². The van der Waals surface area contributed by atoms with Crippen molar-refractivity contribution in [2.75, 3.05) is 0 Å². The Balaban J connectivity index is 1.35. The molecule has 8 aromatic rings. The summed E-state index contributed by atoms with van der Waals surface area (Å²) in [5, 5.41) is 5.11. The number of aromatic nitrogens is 4. The zero-order chi connectivity index (χ0) is 31.3. The number of fused-ring (bicyclic) bond motifs is 8. The van der Waals surface area contributed by atoms with Crippen LogP contribution in [0.4, 0.5) is 0 Å². The first kappa shape index (κ1) is 26.4. The molecule has 0 aliphatic heterocycles. The van der Waals surface area contributed by atoms with Gasteiger partial charge in [-0.2, -0.15) is 9.97 Å². The third-order valence-corrected chi connectivity index (χ3v) is 10.2. The number of nitrogens with zero attached hydrogens (tertiary/aromatic N) is 4. The lowest BCUT2D eigenvalue weighted by Gasteiger charge is -2.26. The minimum absolute atomic E-state index is 0.113. The van der Waals surface area contributed by atoms with Crippen LogP contribution in [0.3, 0.4) is 0 Å². The van der Waals surface area contributed by atoms with E-state index in [1.54, 1.807) is 0 Å². The molecule has 0 bridgehead atoms. The maximum absolute atomic E-state index is 5.20. The van der Waals surface area contributed by atoms with E-state index in [0.717, 1.165) is 23.1 Å². The lowest BCUT2D eigenvalue weighted by Crippen LogP contribution is -2.16. The molecule has 2 aliphatic carbocycles. The van der Waals surface area contributed by atoms with Crippen LogP contribution in [0.15, 0.2) is 127 Å². The van der Waals surface area contributed by atoms with E-state index < -0.39 is 0 Å². The summed E-state index contributed by atoms with van der Waals surface area (Å²) in [7, 11) is 0. The van der Waals surface area contributed by atoms with Gasteiger partial charge < -0.3 is 0 Å². The molecular formula is C43H30N4. The van der Waals surface area contributed by atoms with E-state index in [-0.39, 0.29) is 5.41 Å². The molecule has 0 radical (unpaired) electrons. The Morgan fingerprint density at radius 1 is 0.617 bits per heavy atom. The first-order valence-electron chi connectivity index (χ1n) is 16.3. The summed E-state index contributed by atoms with van der Waals surface area (Å²) < 4.78 is 2.29. The third kappa shape index (κ3) is 3.67. The highest BCUT2D eigenvalue weighted by atomic mass is 15.2. The highest BCUT2D eigenvalue weighted by Gasteiger charge is 2.38. The lowest BCUT2D eigenvalue weighted by molar-refractivity contribution is 0.666. The average molecular weight is 603 g/mol. The van der Waals surface area contributed by atoms with Gasteiger partial charge in [-0.3, -0.25) is 4.57 Å². The molecule has 4 heteroatoms. The van der Waals surface area contributed by atoms with E-state index in [4.69, 9.17) is 15.0 Å². The number of allylic oxidation sites excluding steroid dienone is 1. The monoisotopic (exact) mass is 602 g/mol. The molecule has 0 unspecified atom stereocenters. The Bertz CT molecular complexity index is 2550. The third-order valence-electron chi connectivity index (χ3n) is 10.2. The Labute approximate surface area is 272 Å². The predicted octanol–water partition coefficient (Wildman–Crippen LogP) is 10.3. The predicted molar refractivity (Wildman–Crippen MR) is 193 cm³/mol. The number of hydrogen-bond donors (Lipinski definition) is 0. The normalized spacial score (nSPS) is 14.2. The fraction of sp³-hybridized carbons (Fsp3) is 0.0930. The number of hydrogen-bond acceptors (Lipinski definition) is 3. The van der Waals surface area contributed by atoms with Gasteiger partial charge in [0.1, 0.15) is 0 Å². The van der Waals surface area contributed by atoms with Crippen molar-refractivity contribution in [2.45, 2.75) is 25.7 Å².